The topological polar surface area (TPSA) is 65.7 Å². The van der Waals surface area contributed by atoms with E-state index in [0.29, 0.717) is 0 Å². The first kappa shape index (κ1) is 26.3. The highest BCUT2D eigenvalue weighted by Crippen LogP contribution is 2.28. The van der Waals surface area contributed by atoms with Crippen molar-refractivity contribution >= 4 is 28.8 Å². The average molecular weight is 538 g/mol. The summed E-state index contributed by atoms with van der Waals surface area (Å²) in [4.78, 5) is 24.4. The molecule has 2 fully saturated rings. The number of thiazole rings is 1. The third kappa shape index (κ3) is 6.78. The van der Waals surface area contributed by atoms with Crippen molar-refractivity contribution in [2.75, 3.05) is 45.8 Å². The van der Waals surface area contributed by atoms with Crippen molar-refractivity contribution < 1.29 is 4.79 Å². The van der Waals surface area contributed by atoms with Crippen molar-refractivity contribution in [2.24, 2.45) is 11.7 Å². The van der Waals surface area contributed by atoms with Crippen LogP contribution >= 0.6 is 22.9 Å². The molecule has 0 spiro atoms. The molecule has 0 radical (unpaired) electrons. The Balaban J connectivity index is 1.08. The number of halogens is 1. The van der Waals surface area contributed by atoms with Crippen LogP contribution in [0.15, 0.2) is 59.4 Å². The number of carbonyl (C=O) groups excluding carboxylic acids is 1. The molecule has 0 saturated carbocycles. The number of carbonyl (C=O) groups is 1. The molecule has 2 N–H and O–H groups in total. The summed E-state index contributed by atoms with van der Waals surface area (Å²) in [6, 6.07) is 16.3. The molecular weight excluding hydrogens is 502 g/mol. The first-order valence-corrected chi connectivity index (χ1v) is 14.6. The number of piperidine rings is 1. The van der Waals surface area contributed by atoms with Crippen LogP contribution in [0.5, 0.6) is 0 Å². The van der Waals surface area contributed by atoms with Crippen molar-refractivity contribution in [3.8, 4) is 11.1 Å². The van der Waals surface area contributed by atoms with Crippen LogP contribution in [0.4, 0.5) is 0 Å². The van der Waals surface area contributed by atoms with E-state index in [1.54, 1.807) is 11.3 Å². The fourth-order valence-corrected chi connectivity index (χ4v) is 6.31. The SMILES string of the molecule is N[C@@H](C(=O)N1CCN(Cc2cscn2)CC1)C1CCN(CCc2cc(Cl)ccc2-c2ccccc2)CC1. The van der Waals surface area contributed by atoms with Crippen LogP contribution in [0.2, 0.25) is 5.02 Å². The number of benzene rings is 2. The van der Waals surface area contributed by atoms with E-state index in [2.05, 4.69) is 56.6 Å². The maximum absolute atomic E-state index is 13.2. The minimum absolute atomic E-state index is 0.123. The lowest BCUT2D eigenvalue weighted by atomic mass is 9.88. The highest BCUT2D eigenvalue weighted by atomic mass is 35.5. The molecule has 2 aliphatic heterocycles. The van der Waals surface area contributed by atoms with Crippen LogP contribution < -0.4 is 5.73 Å². The molecule has 0 bridgehead atoms. The number of likely N-dealkylation sites (tertiary alicyclic amines) is 1. The Labute approximate surface area is 229 Å². The molecule has 2 saturated heterocycles. The normalized spacial score (nSPS) is 18.7. The third-order valence-corrected chi connectivity index (χ3v) is 8.70. The second-order valence-electron chi connectivity index (χ2n) is 10.2. The lowest BCUT2D eigenvalue weighted by Gasteiger charge is -2.39. The molecule has 0 aliphatic carbocycles. The molecule has 0 unspecified atom stereocenters. The Hall–Kier alpha value is -2.29. The first-order valence-electron chi connectivity index (χ1n) is 13.3. The van der Waals surface area contributed by atoms with E-state index in [1.807, 2.05) is 22.5 Å². The number of nitrogens with zero attached hydrogens (tertiary/aromatic N) is 4. The summed E-state index contributed by atoms with van der Waals surface area (Å²) in [6.45, 7) is 7.06. The van der Waals surface area contributed by atoms with Gasteiger partial charge in [-0.25, -0.2) is 4.98 Å². The molecule has 6 nitrogen and oxygen atoms in total. The molecule has 8 heteroatoms. The summed E-state index contributed by atoms with van der Waals surface area (Å²) in [5.41, 5.74) is 13.3. The van der Waals surface area contributed by atoms with E-state index in [0.717, 1.165) is 82.3 Å². The minimum Gasteiger partial charge on any atom is -0.339 e. The van der Waals surface area contributed by atoms with Gasteiger partial charge in [0.05, 0.1) is 17.2 Å². The standard InChI is InChI=1S/C29H36ClN5OS/c30-25-6-7-27(22-4-2-1-3-5-22)24(18-25)10-13-33-11-8-23(9-12-33)28(31)29(36)35-16-14-34(15-17-35)19-26-20-37-21-32-26/h1-7,18,20-21,23,28H,8-17,19,31H2/t28-/m1/s1. The molecular formula is C29H36ClN5OS. The summed E-state index contributed by atoms with van der Waals surface area (Å²) in [6.07, 6.45) is 2.89. The molecule has 37 heavy (non-hydrogen) atoms. The monoisotopic (exact) mass is 537 g/mol. The van der Waals surface area contributed by atoms with Gasteiger partial charge in [0.25, 0.3) is 0 Å². The highest BCUT2D eigenvalue weighted by Gasteiger charge is 2.32. The predicted octanol–water partition coefficient (Wildman–Crippen LogP) is 4.39. The van der Waals surface area contributed by atoms with Gasteiger partial charge in [-0.15, -0.1) is 11.3 Å². The maximum atomic E-state index is 13.2. The quantitative estimate of drug-likeness (QED) is 0.461. The summed E-state index contributed by atoms with van der Waals surface area (Å²) in [5.74, 6) is 0.376. The van der Waals surface area contributed by atoms with E-state index in [9.17, 15) is 4.79 Å². The van der Waals surface area contributed by atoms with Crippen LogP contribution in [-0.4, -0.2) is 77.4 Å². The molecule has 2 aliphatic rings. The van der Waals surface area contributed by atoms with E-state index in [1.165, 1.54) is 16.7 Å². The van der Waals surface area contributed by atoms with Crippen molar-refractivity contribution in [1.82, 2.24) is 19.7 Å². The van der Waals surface area contributed by atoms with Crippen LogP contribution in [0.3, 0.4) is 0 Å². The smallest absolute Gasteiger partial charge is 0.239 e. The minimum atomic E-state index is -0.398. The van der Waals surface area contributed by atoms with E-state index < -0.39 is 6.04 Å². The van der Waals surface area contributed by atoms with Gasteiger partial charge in [0.2, 0.25) is 5.91 Å². The molecule has 2 aromatic carbocycles. The van der Waals surface area contributed by atoms with Gasteiger partial charge >= 0.3 is 0 Å². The highest BCUT2D eigenvalue weighted by molar-refractivity contribution is 7.07. The second kappa shape index (κ2) is 12.5. The molecule has 196 valence electrons. The Morgan fingerprint density at radius 3 is 2.49 bits per heavy atom. The Bertz CT molecular complexity index is 1140. The molecule has 1 aromatic heterocycles. The number of hydrogen-bond acceptors (Lipinski definition) is 6. The lowest BCUT2D eigenvalue weighted by Crippen LogP contribution is -2.55. The van der Waals surface area contributed by atoms with Gasteiger partial charge in [-0.1, -0.05) is 48.0 Å². The molecule has 3 heterocycles. The van der Waals surface area contributed by atoms with Crippen molar-refractivity contribution in [3.63, 3.8) is 0 Å². The summed E-state index contributed by atoms with van der Waals surface area (Å²) in [5, 5.41) is 2.87. The van der Waals surface area contributed by atoms with E-state index in [-0.39, 0.29) is 11.8 Å². The number of piperazine rings is 1. The Morgan fingerprint density at radius 2 is 1.78 bits per heavy atom. The maximum Gasteiger partial charge on any atom is 0.239 e. The number of hydrogen-bond donors (Lipinski definition) is 1. The predicted molar refractivity (Wildman–Crippen MR) is 152 cm³/mol. The number of aromatic nitrogens is 1. The van der Waals surface area contributed by atoms with Gasteiger partial charge in [0.1, 0.15) is 0 Å². The van der Waals surface area contributed by atoms with Crippen LogP contribution in [-0.2, 0) is 17.8 Å². The van der Waals surface area contributed by atoms with E-state index >= 15 is 0 Å². The Kier molecular flexibility index (Phi) is 8.89. The van der Waals surface area contributed by atoms with Gasteiger partial charge in [-0.05, 0) is 67.1 Å². The first-order chi connectivity index (χ1) is 18.1. The fraction of sp³-hybridized carbons (Fsp3) is 0.448. The van der Waals surface area contributed by atoms with Crippen molar-refractivity contribution in [3.05, 3.63) is 75.7 Å². The molecule has 1 atom stereocenters. The zero-order valence-electron chi connectivity index (χ0n) is 21.3. The van der Waals surface area contributed by atoms with Crippen molar-refractivity contribution in [1.29, 1.82) is 0 Å². The fourth-order valence-electron chi connectivity index (χ4n) is 5.57. The summed E-state index contributed by atoms with van der Waals surface area (Å²) >= 11 is 7.97. The van der Waals surface area contributed by atoms with Gasteiger partial charge in [0.15, 0.2) is 0 Å². The zero-order chi connectivity index (χ0) is 25.6. The van der Waals surface area contributed by atoms with Crippen LogP contribution in [0.1, 0.15) is 24.1 Å². The number of amides is 1. The Morgan fingerprint density at radius 1 is 1.03 bits per heavy atom. The van der Waals surface area contributed by atoms with Gasteiger partial charge in [0, 0.05) is 49.7 Å². The lowest BCUT2D eigenvalue weighted by molar-refractivity contribution is -0.136. The van der Waals surface area contributed by atoms with Gasteiger partial charge < -0.3 is 15.5 Å². The summed E-state index contributed by atoms with van der Waals surface area (Å²) in [7, 11) is 0. The average Bonchev–Trinajstić information content (AvgIpc) is 3.45. The second-order valence-corrected chi connectivity index (χ2v) is 11.4. The zero-order valence-corrected chi connectivity index (χ0v) is 22.8. The molecule has 5 rings (SSSR count). The number of nitrogens with two attached hydrogens (primary N) is 1. The van der Waals surface area contributed by atoms with Gasteiger partial charge in [-0.3, -0.25) is 9.69 Å². The summed E-state index contributed by atoms with van der Waals surface area (Å²) < 4.78 is 0. The van der Waals surface area contributed by atoms with Gasteiger partial charge in [-0.2, -0.15) is 0 Å². The van der Waals surface area contributed by atoms with Crippen LogP contribution in [0.25, 0.3) is 11.1 Å². The van der Waals surface area contributed by atoms with E-state index in [4.69, 9.17) is 17.3 Å². The van der Waals surface area contributed by atoms with Crippen LogP contribution in [0, 0.1) is 5.92 Å². The molecule has 1 amide bonds. The molecule has 3 aromatic rings. The largest absolute Gasteiger partial charge is 0.339 e. The number of rotatable bonds is 8. The van der Waals surface area contributed by atoms with Crippen molar-refractivity contribution in [2.45, 2.75) is 31.8 Å². The third-order valence-electron chi connectivity index (χ3n) is 7.83.